The number of furan rings is 1. The smallest absolute Gasteiger partial charge is 0.143 e. The minimum atomic E-state index is 0.715. The lowest BCUT2D eigenvalue weighted by Crippen LogP contribution is -2.09. The summed E-state index contributed by atoms with van der Waals surface area (Å²) in [5.41, 5.74) is 9.64. The van der Waals surface area contributed by atoms with Gasteiger partial charge in [-0.05, 0) is 93.0 Å². The molecule has 2 nitrogen and oxygen atoms in total. The van der Waals surface area contributed by atoms with Crippen LogP contribution in [0.4, 0.5) is 17.1 Å². The van der Waals surface area contributed by atoms with E-state index in [1.807, 2.05) is 24.3 Å². The molecule has 0 radical (unpaired) electrons. The van der Waals surface area contributed by atoms with E-state index in [1.165, 1.54) is 27.6 Å². The van der Waals surface area contributed by atoms with Crippen LogP contribution in [-0.2, 0) is 0 Å². The SMILES string of the molecule is Clc1ccc2c(c1)c1ccccc1c1c3ccc(N(c4ccc(-c5ccccc5)cc4)c4ccc(-c5ccccc5)cc4)cc3oc21. The van der Waals surface area contributed by atoms with Crippen LogP contribution in [0.15, 0.2) is 174 Å². The number of benzene rings is 8. The van der Waals surface area contributed by atoms with Crippen molar-refractivity contribution in [3.8, 4) is 22.3 Å². The summed E-state index contributed by atoms with van der Waals surface area (Å²) < 4.78 is 6.76. The van der Waals surface area contributed by atoms with Crippen molar-refractivity contribution >= 4 is 72.1 Å². The van der Waals surface area contributed by atoms with Gasteiger partial charge in [0.25, 0.3) is 0 Å². The van der Waals surface area contributed by atoms with Gasteiger partial charge in [0.05, 0.1) is 0 Å². The molecule has 0 atom stereocenters. The summed E-state index contributed by atoms with van der Waals surface area (Å²) in [5.74, 6) is 0. The van der Waals surface area contributed by atoms with Crippen LogP contribution in [0.2, 0.25) is 5.02 Å². The highest BCUT2D eigenvalue weighted by Crippen LogP contribution is 2.44. The molecule has 0 aliphatic carbocycles. The summed E-state index contributed by atoms with van der Waals surface area (Å²) >= 11 is 6.47. The molecule has 0 amide bonds. The normalized spacial score (nSPS) is 11.5. The van der Waals surface area contributed by atoms with E-state index in [9.17, 15) is 0 Å². The molecule has 222 valence electrons. The lowest BCUT2D eigenvalue weighted by Gasteiger charge is -2.26. The molecule has 8 aromatic carbocycles. The summed E-state index contributed by atoms with van der Waals surface area (Å²) in [4.78, 5) is 2.30. The summed E-state index contributed by atoms with van der Waals surface area (Å²) in [6, 6.07) is 59.7. The molecule has 0 aliphatic heterocycles. The molecule has 47 heavy (non-hydrogen) atoms. The first-order chi connectivity index (χ1) is 23.2. The fourth-order valence-electron chi connectivity index (χ4n) is 6.87. The zero-order chi connectivity index (χ0) is 31.3. The predicted octanol–water partition coefficient (Wildman–Crippen LogP) is 13.3. The zero-order valence-corrected chi connectivity index (χ0v) is 26.2. The van der Waals surface area contributed by atoms with Crippen LogP contribution in [0, 0.1) is 0 Å². The molecule has 3 heteroatoms. The van der Waals surface area contributed by atoms with Crippen molar-refractivity contribution in [1.82, 2.24) is 0 Å². The number of hydrogen-bond donors (Lipinski definition) is 0. The summed E-state index contributed by atoms with van der Waals surface area (Å²) in [6.45, 7) is 0. The fraction of sp³-hybridized carbons (Fsp3) is 0. The summed E-state index contributed by atoms with van der Waals surface area (Å²) in [7, 11) is 0. The Kier molecular flexibility index (Phi) is 6.55. The third-order valence-corrected chi connectivity index (χ3v) is 9.34. The molecule has 0 aliphatic rings. The van der Waals surface area contributed by atoms with Gasteiger partial charge in [-0.3, -0.25) is 0 Å². The molecule has 0 saturated heterocycles. The first-order valence-corrected chi connectivity index (χ1v) is 16.2. The van der Waals surface area contributed by atoms with E-state index in [0.29, 0.717) is 5.02 Å². The summed E-state index contributed by atoms with van der Waals surface area (Å²) in [5, 5.41) is 7.42. The molecule has 0 spiro atoms. The molecule has 1 heterocycles. The van der Waals surface area contributed by atoms with Crippen LogP contribution >= 0.6 is 11.6 Å². The molecule has 0 fully saturated rings. The van der Waals surface area contributed by atoms with Crippen molar-refractivity contribution in [2.75, 3.05) is 4.90 Å². The van der Waals surface area contributed by atoms with Crippen LogP contribution in [0.1, 0.15) is 0 Å². The lowest BCUT2D eigenvalue weighted by molar-refractivity contribution is 0.673. The molecule has 9 rings (SSSR count). The number of fused-ring (bicyclic) bond motifs is 8. The molecular weight excluding hydrogens is 594 g/mol. The number of nitrogens with zero attached hydrogens (tertiary/aromatic N) is 1. The molecule has 0 bridgehead atoms. The minimum Gasteiger partial charge on any atom is -0.455 e. The second kappa shape index (κ2) is 11.2. The monoisotopic (exact) mass is 621 g/mol. The number of halogens is 1. The first-order valence-electron chi connectivity index (χ1n) is 15.8. The van der Waals surface area contributed by atoms with Gasteiger partial charge in [0.2, 0.25) is 0 Å². The van der Waals surface area contributed by atoms with Crippen LogP contribution in [0.5, 0.6) is 0 Å². The quantitative estimate of drug-likeness (QED) is 0.178. The molecule has 0 unspecified atom stereocenters. The third-order valence-electron chi connectivity index (χ3n) is 9.11. The Morgan fingerprint density at radius 2 is 0.894 bits per heavy atom. The van der Waals surface area contributed by atoms with Crippen molar-refractivity contribution in [2.24, 2.45) is 0 Å². The highest BCUT2D eigenvalue weighted by atomic mass is 35.5. The van der Waals surface area contributed by atoms with E-state index in [1.54, 1.807) is 0 Å². The van der Waals surface area contributed by atoms with Crippen LogP contribution in [-0.4, -0.2) is 0 Å². The highest BCUT2D eigenvalue weighted by molar-refractivity contribution is 6.34. The molecular formula is C44H28ClNO. The fourth-order valence-corrected chi connectivity index (χ4v) is 7.04. The van der Waals surface area contributed by atoms with Gasteiger partial charge in [0.15, 0.2) is 0 Å². The van der Waals surface area contributed by atoms with E-state index >= 15 is 0 Å². The highest BCUT2D eigenvalue weighted by Gasteiger charge is 2.19. The average molecular weight is 622 g/mol. The first kappa shape index (κ1) is 27.5. The molecule has 0 saturated carbocycles. The Labute approximate surface area is 277 Å². The van der Waals surface area contributed by atoms with Crippen molar-refractivity contribution < 1.29 is 4.42 Å². The third kappa shape index (κ3) is 4.74. The van der Waals surface area contributed by atoms with Crippen LogP contribution in [0.3, 0.4) is 0 Å². The zero-order valence-electron chi connectivity index (χ0n) is 25.4. The second-order valence-electron chi connectivity index (χ2n) is 11.9. The second-order valence-corrected chi connectivity index (χ2v) is 12.3. The maximum atomic E-state index is 6.76. The molecule has 9 aromatic rings. The van der Waals surface area contributed by atoms with Gasteiger partial charge in [0.1, 0.15) is 11.2 Å². The van der Waals surface area contributed by atoms with Crippen molar-refractivity contribution in [2.45, 2.75) is 0 Å². The standard InChI is InChI=1S/C44H28ClNO/c45-33-19-25-39-41(27-33)37-13-7-8-14-38(37)43-40-26-24-36(28-42(40)47-44(39)43)46(34-20-15-31(16-21-34)29-9-3-1-4-10-29)35-22-17-32(18-23-35)30-11-5-2-6-12-30/h1-28H. The predicted molar refractivity (Wildman–Crippen MR) is 199 cm³/mol. The van der Waals surface area contributed by atoms with Crippen LogP contribution < -0.4 is 4.90 Å². The Morgan fingerprint density at radius 1 is 0.383 bits per heavy atom. The molecule has 0 N–H and O–H groups in total. The van der Waals surface area contributed by atoms with Gasteiger partial charge in [-0.1, -0.05) is 121 Å². The van der Waals surface area contributed by atoms with Gasteiger partial charge in [-0.15, -0.1) is 0 Å². The topological polar surface area (TPSA) is 16.4 Å². The van der Waals surface area contributed by atoms with Crippen LogP contribution in [0.25, 0.3) is 65.7 Å². The maximum absolute atomic E-state index is 6.76. The summed E-state index contributed by atoms with van der Waals surface area (Å²) in [6.07, 6.45) is 0. The van der Waals surface area contributed by atoms with E-state index in [0.717, 1.165) is 55.2 Å². The van der Waals surface area contributed by atoms with E-state index in [-0.39, 0.29) is 0 Å². The van der Waals surface area contributed by atoms with Gasteiger partial charge < -0.3 is 9.32 Å². The maximum Gasteiger partial charge on any atom is 0.143 e. The number of rotatable bonds is 5. The minimum absolute atomic E-state index is 0.715. The van der Waals surface area contributed by atoms with E-state index < -0.39 is 0 Å². The van der Waals surface area contributed by atoms with E-state index in [4.69, 9.17) is 16.0 Å². The van der Waals surface area contributed by atoms with E-state index in [2.05, 4.69) is 150 Å². The number of anilines is 3. The Hall–Kier alpha value is -5.83. The van der Waals surface area contributed by atoms with Crippen molar-refractivity contribution in [3.05, 3.63) is 175 Å². The average Bonchev–Trinajstić information content (AvgIpc) is 3.52. The largest absolute Gasteiger partial charge is 0.455 e. The van der Waals surface area contributed by atoms with Gasteiger partial charge in [0, 0.05) is 44.3 Å². The van der Waals surface area contributed by atoms with Gasteiger partial charge >= 0.3 is 0 Å². The Balaban J connectivity index is 1.23. The van der Waals surface area contributed by atoms with Gasteiger partial charge in [-0.2, -0.15) is 0 Å². The Morgan fingerprint density at radius 3 is 1.51 bits per heavy atom. The lowest BCUT2D eigenvalue weighted by atomic mass is 9.97. The number of hydrogen-bond acceptors (Lipinski definition) is 2. The Bertz CT molecular complexity index is 2470. The molecule has 1 aromatic heterocycles. The van der Waals surface area contributed by atoms with Gasteiger partial charge in [-0.25, -0.2) is 0 Å². The van der Waals surface area contributed by atoms with Crippen molar-refractivity contribution in [3.63, 3.8) is 0 Å². The van der Waals surface area contributed by atoms with Crippen molar-refractivity contribution in [1.29, 1.82) is 0 Å².